The average Bonchev–Trinajstić information content (AvgIpc) is 3.21. The number of benzene rings is 1. The predicted molar refractivity (Wildman–Crippen MR) is 98.0 cm³/mol. The number of piperidine rings is 1. The summed E-state index contributed by atoms with van der Waals surface area (Å²) in [7, 11) is 0. The monoisotopic (exact) mass is 371 g/mol. The van der Waals surface area contributed by atoms with Gasteiger partial charge in [-0.25, -0.2) is 0 Å². The van der Waals surface area contributed by atoms with E-state index in [9.17, 15) is 19.5 Å². The van der Waals surface area contributed by atoms with Gasteiger partial charge in [-0.3, -0.25) is 14.4 Å². The minimum Gasteiger partial charge on any atom is -0.472 e. The Balaban J connectivity index is 1.56. The van der Waals surface area contributed by atoms with E-state index in [1.807, 2.05) is 0 Å². The van der Waals surface area contributed by atoms with Crippen LogP contribution in [0, 0.1) is 0 Å². The highest BCUT2D eigenvalue weighted by Crippen LogP contribution is 2.23. The largest absolute Gasteiger partial charge is 0.472 e. The maximum absolute atomic E-state index is 12.1. The lowest BCUT2D eigenvalue weighted by Gasteiger charge is -2.27. The number of furan rings is 1. The molecule has 8 nitrogen and oxygen atoms in total. The van der Waals surface area contributed by atoms with Gasteiger partial charge in [0.05, 0.1) is 18.6 Å². The minimum atomic E-state index is -0.964. The van der Waals surface area contributed by atoms with E-state index in [2.05, 4.69) is 10.6 Å². The third kappa shape index (κ3) is 4.73. The molecule has 2 aromatic rings. The highest BCUT2D eigenvalue weighted by atomic mass is 16.3. The molecule has 27 heavy (non-hydrogen) atoms. The Kier molecular flexibility index (Phi) is 5.87. The predicted octanol–water partition coefficient (Wildman–Crippen LogP) is 1.58. The van der Waals surface area contributed by atoms with E-state index in [0.29, 0.717) is 29.9 Å². The number of aliphatic hydroxyl groups excluding tert-OH is 1. The molecule has 1 fully saturated rings. The van der Waals surface area contributed by atoms with Crippen molar-refractivity contribution in [3.8, 4) is 0 Å². The Hall–Kier alpha value is -3.13. The summed E-state index contributed by atoms with van der Waals surface area (Å²) >= 11 is 0. The Morgan fingerprint density at radius 2 is 2.07 bits per heavy atom. The fourth-order valence-corrected chi connectivity index (χ4v) is 2.87. The van der Waals surface area contributed by atoms with Crippen molar-refractivity contribution in [3.05, 3.63) is 48.4 Å². The number of nitrogens with zero attached hydrogens (tertiary/aromatic N) is 1. The highest BCUT2D eigenvalue weighted by Gasteiger charge is 2.21. The van der Waals surface area contributed by atoms with Crippen LogP contribution >= 0.6 is 0 Å². The fourth-order valence-electron chi connectivity index (χ4n) is 2.87. The maximum atomic E-state index is 12.1. The first-order chi connectivity index (χ1) is 13.0. The molecular formula is C19H21N3O5. The summed E-state index contributed by atoms with van der Waals surface area (Å²) in [4.78, 5) is 37.7. The van der Waals surface area contributed by atoms with Gasteiger partial charge in [0.1, 0.15) is 0 Å². The summed E-state index contributed by atoms with van der Waals surface area (Å²) in [5.41, 5.74) is 1.62. The van der Waals surface area contributed by atoms with E-state index in [0.717, 1.165) is 12.8 Å². The molecule has 3 rings (SSSR count). The van der Waals surface area contributed by atoms with Crippen LogP contribution in [0.3, 0.4) is 0 Å². The molecule has 0 saturated carbocycles. The SMILES string of the molecule is O=C(NC[C@@H](O)c1ccoc1)C(=O)Nc1cccc(N2CCCCC2=O)c1. The zero-order valence-corrected chi connectivity index (χ0v) is 14.7. The second kappa shape index (κ2) is 8.50. The van der Waals surface area contributed by atoms with Gasteiger partial charge in [-0.15, -0.1) is 0 Å². The van der Waals surface area contributed by atoms with E-state index in [1.165, 1.54) is 12.5 Å². The standard InChI is InChI=1S/C19H21N3O5/c23-16(13-7-9-27-12-13)11-20-18(25)19(26)21-14-4-3-5-15(10-14)22-8-2-1-6-17(22)24/h3-5,7,9-10,12,16,23H,1-2,6,8,11H2,(H,20,25)(H,21,26)/t16-/m1/s1. The third-order valence-electron chi connectivity index (χ3n) is 4.33. The minimum absolute atomic E-state index is 0.0516. The van der Waals surface area contributed by atoms with Crippen LogP contribution in [0.15, 0.2) is 47.3 Å². The second-order valence-electron chi connectivity index (χ2n) is 6.29. The van der Waals surface area contributed by atoms with E-state index >= 15 is 0 Å². The number of carbonyl (C=O) groups excluding carboxylic acids is 3. The van der Waals surface area contributed by atoms with Crippen molar-refractivity contribution in [2.75, 3.05) is 23.3 Å². The molecule has 1 aromatic heterocycles. The first kappa shape index (κ1) is 18.7. The van der Waals surface area contributed by atoms with Crippen molar-refractivity contribution in [1.82, 2.24) is 5.32 Å². The second-order valence-corrected chi connectivity index (χ2v) is 6.29. The van der Waals surface area contributed by atoms with Gasteiger partial charge in [0.15, 0.2) is 0 Å². The lowest BCUT2D eigenvalue weighted by Crippen LogP contribution is -2.37. The van der Waals surface area contributed by atoms with E-state index in [1.54, 1.807) is 35.2 Å². The number of hydrogen-bond acceptors (Lipinski definition) is 5. The lowest BCUT2D eigenvalue weighted by atomic mass is 10.1. The van der Waals surface area contributed by atoms with E-state index < -0.39 is 17.9 Å². The lowest BCUT2D eigenvalue weighted by molar-refractivity contribution is -0.136. The van der Waals surface area contributed by atoms with Crippen LogP contribution in [-0.4, -0.2) is 35.9 Å². The van der Waals surface area contributed by atoms with Crippen LogP contribution in [0.5, 0.6) is 0 Å². The fraction of sp³-hybridized carbons (Fsp3) is 0.316. The van der Waals surface area contributed by atoms with Gasteiger partial charge in [0.2, 0.25) is 5.91 Å². The van der Waals surface area contributed by atoms with E-state index in [4.69, 9.17) is 4.42 Å². The van der Waals surface area contributed by atoms with Crippen molar-refractivity contribution in [2.24, 2.45) is 0 Å². The highest BCUT2D eigenvalue weighted by molar-refractivity contribution is 6.39. The van der Waals surface area contributed by atoms with Crippen molar-refractivity contribution >= 4 is 29.1 Å². The molecule has 1 aliphatic rings. The number of aliphatic hydroxyl groups is 1. The molecule has 0 spiro atoms. The molecule has 0 radical (unpaired) electrons. The normalized spacial score (nSPS) is 15.3. The summed E-state index contributed by atoms with van der Waals surface area (Å²) in [6.07, 6.45) is 4.14. The Morgan fingerprint density at radius 1 is 1.22 bits per heavy atom. The molecule has 0 bridgehead atoms. The maximum Gasteiger partial charge on any atom is 0.313 e. The third-order valence-corrected chi connectivity index (χ3v) is 4.33. The summed E-state index contributed by atoms with van der Waals surface area (Å²) in [5.74, 6) is -1.66. The summed E-state index contributed by atoms with van der Waals surface area (Å²) < 4.78 is 4.86. The molecule has 1 saturated heterocycles. The van der Waals surface area contributed by atoms with Crippen LogP contribution in [-0.2, 0) is 14.4 Å². The topological polar surface area (TPSA) is 112 Å². The van der Waals surface area contributed by atoms with Gasteiger partial charge in [-0.2, -0.15) is 0 Å². The zero-order chi connectivity index (χ0) is 19.2. The van der Waals surface area contributed by atoms with Crippen LogP contribution in [0.1, 0.15) is 30.9 Å². The Morgan fingerprint density at radius 3 is 2.81 bits per heavy atom. The quantitative estimate of drug-likeness (QED) is 0.691. The Labute approximate surface area is 156 Å². The number of rotatable bonds is 5. The van der Waals surface area contributed by atoms with Crippen molar-refractivity contribution < 1.29 is 23.9 Å². The molecule has 1 aliphatic heterocycles. The number of nitrogens with one attached hydrogen (secondary N) is 2. The number of anilines is 2. The first-order valence-corrected chi connectivity index (χ1v) is 8.74. The molecule has 0 aliphatic carbocycles. The van der Waals surface area contributed by atoms with E-state index in [-0.39, 0.29) is 12.5 Å². The smallest absolute Gasteiger partial charge is 0.313 e. The van der Waals surface area contributed by atoms with Crippen LogP contribution in [0.2, 0.25) is 0 Å². The average molecular weight is 371 g/mol. The molecule has 0 unspecified atom stereocenters. The molecule has 1 atom stereocenters. The summed E-state index contributed by atoms with van der Waals surface area (Å²) in [6, 6.07) is 8.38. The van der Waals surface area contributed by atoms with Crippen molar-refractivity contribution in [3.63, 3.8) is 0 Å². The van der Waals surface area contributed by atoms with Crippen LogP contribution < -0.4 is 15.5 Å². The van der Waals surface area contributed by atoms with Crippen LogP contribution in [0.4, 0.5) is 11.4 Å². The number of carbonyl (C=O) groups is 3. The molecule has 3 N–H and O–H groups in total. The van der Waals surface area contributed by atoms with Crippen molar-refractivity contribution in [1.29, 1.82) is 0 Å². The van der Waals surface area contributed by atoms with Gasteiger partial charge >= 0.3 is 11.8 Å². The molecule has 142 valence electrons. The molecule has 1 aromatic carbocycles. The Bertz CT molecular complexity index is 819. The zero-order valence-electron chi connectivity index (χ0n) is 14.7. The van der Waals surface area contributed by atoms with Crippen molar-refractivity contribution in [2.45, 2.75) is 25.4 Å². The summed E-state index contributed by atoms with van der Waals surface area (Å²) in [5, 5.41) is 14.8. The number of amides is 3. The van der Waals surface area contributed by atoms with Gasteiger partial charge in [0.25, 0.3) is 0 Å². The molecule has 3 amide bonds. The molecule has 8 heteroatoms. The summed E-state index contributed by atoms with van der Waals surface area (Å²) in [6.45, 7) is 0.525. The molecular weight excluding hydrogens is 350 g/mol. The first-order valence-electron chi connectivity index (χ1n) is 8.74. The van der Waals surface area contributed by atoms with Crippen LogP contribution in [0.25, 0.3) is 0 Å². The number of hydrogen-bond donors (Lipinski definition) is 3. The van der Waals surface area contributed by atoms with Gasteiger partial charge in [-0.05, 0) is 37.1 Å². The van der Waals surface area contributed by atoms with Gasteiger partial charge in [0, 0.05) is 36.4 Å². The molecule has 2 heterocycles. The van der Waals surface area contributed by atoms with Gasteiger partial charge < -0.3 is 25.1 Å². The van der Waals surface area contributed by atoms with Gasteiger partial charge in [-0.1, -0.05) is 6.07 Å².